The van der Waals surface area contributed by atoms with Gasteiger partial charge in [-0.05, 0) is 27.2 Å². The van der Waals surface area contributed by atoms with Crippen molar-refractivity contribution in [2.75, 3.05) is 18.0 Å². The molecule has 0 aliphatic carbocycles. The van der Waals surface area contributed by atoms with Crippen LogP contribution in [0.2, 0.25) is 0 Å². The van der Waals surface area contributed by atoms with Gasteiger partial charge in [-0.25, -0.2) is 15.0 Å². The molecule has 8 heteroatoms. The number of hydrogen-bond acceptors (Lipinski definition) is 7. The lowest BCUT2D eigenvalue weighted by atomic mass is 9.99. The van der Waals surface area contributed by atoms with E-state index < -0.39 is 5.54 Å². The molecule has 1 fully saturated rings. The third-order valence-electron chi connectivity index (χ3n) is 4.01. The Labute approximate surface area is 151 Å². The molecule has 1 saturated heterocycles. The molecule has 134 valence electrons. The standard InChI is InChI=1S/C17H23N5O2S/c1-11(2)24-15-14(18-6-7-19-15)22-8-5-17(10-22,21-13(4)23)16-20-12(3)9-25-16/h6-7,9,11H,5,8,10H2,1-4H3,(H,21,23). The van der Waals surface area contributed by atoms with Gasteiger partial charge in [0.25, 0.3) is 5.88 Å². The van der Waals surface area contributed by atoms with Crippen molar-refractivity contribution in [2.24, 2.45) is 0 Å². The molecule has 0 radical (unpaired) electrons. The maximum atomic E-state index is 11.8. The summed E-state index contributed by atoms with van der Waals surface area (Å²) in [7, 11) is 0. The summed E-state index contributed by atoms with van der Waals surface area (Å²) in [6.07, 6.45) is 4.06. The van der Waals surface area contributed by atoms with Crippen LogP contribution in [0.1, 0.15) is 37.9 Å². The van der Waals surface area contributed by atoms with Gasteiger partial charge < -0.3 is 15.0 Å². The molecule has 0 bridgehead atoms. The van der Waals surface area contributed by atoms with Gasteiger partial charge in [0, 0.05) is 43.5 Å². The molecule has 0 saturated carbocycles. The van der Waals surface area contributed by atoms with Crippen LogP contribution < -0.4 is 15.0 Å². The highest BCUT2D eigenvalue weighted by Gasteiger charge is 2.44. The van der Waals surface area contributed by atoms with E-state index in [-0.39, 0.29) is 12.0 Å². The van der Waals surface area contributed by atoms with Gasteiger partial charge in [0.1, 0.15) is 10.5 Å². The van der Waals surface area contributed by atoms with Crippen LogP contribution in [-0.4, -0.2) is 40.1 Å². The third-order valence-corrected chi connectivity index (χ3v) is 5.17. The van der Waals surface area contributed by atoms with Crippen molar-refractivity contribution < 1.29 is 9.53 Å². The average Bonchev–Trinajstić information content (AvgIpc) is 3.14. The second-order valence-corrected chi connectivity index (χ2v) is 7.44. The van der Waals surface area contributed by atoms with Gasteiger partial charge in [-0.15, -0.1) is 11.3 Å². The van der Waals surface area contributed by atoms with Gasteiger partial charge in [-0.2, -0.15) is 0 Å². The summed E-state index contributed by atoms with van der Waals surface area (Å²) in [5.41, 5.74) is 0.462. The van der Waals surface area contributed by atoms with Gasteiger partial charge in [0.05, 0.1) is 6.10 Å². The first-order valence-corrected chi connectivity index (χ1v) is 9.21. The van der Waals surface area contributed by atoms with Crippen molar-refractivity contribution in [2.45, 2.75) is 45.8 Å². The number of thiazole rings is 1. The Balaban J connectivity index is 1.91. The predicted octanol–water partition coefficient (Wildman–Crippen LogP) is 2.27. The molecule has 25 heavy (non-hydrogen) atoms. The smallest absolute Gasteiger partial charge is 0.257 e. The normalized spacial score (nSPS) is 20.1. The molecule has 0 spiro atoms. The first-order valence-electron chi connectivity index (χ1n) is 8.33. The summed E-state index contributed by atoms with van der Waals surface area (Å²) in [6.45, 7) is 8.76. The van der Waals surface area contributed by atoms with Crippen molar-refractivity contribution in [3.8, 4) is 5.88 Å². The Morgan fingerprint density at radius 2 is 2.16 bits per heavy atom. The number of aryl methyl sites for hydroxylation is 1. The lowest BCUT2D eigenvalue weighted by Crippen LogP contribution is -2.47. The van der Waals surface area contributed by atoms with Gasteiger partial charge in [-0.1, -0.05) is 0 Å². The van der Waals surface area contributed by atoms with E-state index in [4.69, 9.17) is 4.74 Å². The van der Waals surface area contributed by atoms with E-state index in [0.717, 1.165) is 23.7 Å². The van der Waals surface area contributed by atoms with E-state index >= 15 is 0 Å². The van der Waals surface area contributed by atoms with Gasteiger partial charge in [0.15, 0.2) is 5.82 Å². The molecule has 2 aromatic rings. The molecule has 1 aliphatic heterocycles. The predicted molar refractivity (Wildman–Crippen MR) is 97.0 cm³/mol. The van der Waals surface area contributed by atoms with Gasteiger partial charge >= 0.3 is 0 Å². The number of aromatic nitrogens is 3. The zero-order chi connectivity index (χ0) is 18.0. The van der Waals surface area contributed by atoms with Crippen LogP contribution in [0.15, 0.2) is 17.8 Å². The van der Waals surface area contributed by atoms with Crippen LogP contribution in [-0.2, 0) is 10.3 Å². The first-order chi connectivity index (χ1) is 11.9. The van der Waals surface area contributed by atoms with Crippen molar-refractivity contribution in [1.82, 2.24) is 20.3 Å². The van der Waals surface area contributed by atoms with Gasteiger partial charge in [0.2, 0.25) is 5.91 Å². The SMILES string of the molecule is CC(=O)NC1(c2nc(C)cs2)CCN(c2nccnc2OC(C)C)C1. The number of hydrogen-bond donors (Lipinski definition) is 1. The Bertz CT molecular complexity index is 763. The summed E-state index contributed by atoms with van der Waals surface area (Å²) in [6, 6.07) is 0. The summed E-state index contributed by atoms with van der Waals surface area (Å²) < 4.78 is 5.80. The van der Waals surface area contributed by atoms with E-state index in [1.54, 1.807) is 30.7 Å². The monoisotopic (exact) mass is 361 g/mol. The fourth-order valence-corrected chi connectivity index (χ4v) is 4.05. The second-order valence-electron chi connectivity index (χ2n) is 6.58. The molecule has 1 aliphatic rings. The topological polar surface area (TPSA) is 80.2 Å². The summed E-state index contributed by atoms with van der Waals surface area (Å²) in [4.78, 5) is 27.4. The Morgan fingerprint density at radius 1 is 1.40 bits per heavy atom. The molecule has 3 heterocycles. The molecule has 1 amide bonds. The largest absolute Gasteiger partial charge is 0.472 e. The minimum absolute atomic E-state index is 0.0137. The molecule has 1 unspecified atom stereocenters. The molecule has 0 aromatic carbocycles. The van der Waals surface area contributed by atoms with E-state index in [9.17, 15) is 4.79 Å². The number of nitrogens with zero attached hydrogens (tertiary/aromatic N) is 4. The van der Waals surface area contributed by atoms with Crippen LogP contribution in [0, 0.1) is 6.92 Å². The van der Waals surface area contributed by atoms with Crippen LogP contribution in [0.5, 0.6) is 5.88 Å². The minimum Gasteiger partial charge on any atom is -0.472 e. The molecule has 1 N–H and O–H groups in total. The van der Waals surface area contributed by atoms with E-state index in [1.165, 1.54) is 0 Å². The van der Waals surface area contributed by atoms with Crippen LogP contribution >= 0.6 is 11.3 Å². The minimum atomic E-state index is -0.503. The zero-order valence-electron chi connectivity index (χ0n) is 14.9. The van der Waals surface area contributed by atoms with Crippen LogP contribution in [0.4, 0.5) is 5.82 Å². The quantitative estimate of drug-likeness (QED) is 0.880. The summed E-state index contributed by atoms with van der Waals surface area (Å²) >= 11 is 1.58. The molecule has 7 nitrogen and oxygen atoms in total. The van der Waals surface area contributed by atoms with Crippen molar-refractivity contribution in [1.29, 1.82) is 0 Å². The summed E-state index contributed by atoms with van der Waals surface area (Å²) in [5, 5.41) is 6.06. The number of rotatable bonds is 5. The Morgan fingerprint density at radius 3 is 2.80 bits per heavy atom. The maximum absolute atomic E-state index is 11.8. The number of nitrogens with one attached hydrogen (secondary N) is 1. The van der Waals surface area contributed by atoms with Crippen molar-refractivity contribution >= 4 is 23.1 Å². The molecule has 1 atom stereocenters. The fraction of sp³-hybridized carbons (Fsp3) is 0.529. The van der Waals surface area contributed by atoms with E-state index in [0.29, 0.717) is 18.2 Å². The lowest BCUT2D eigenvalue weighted by Gasteiger charge is -2.28. The lowest BCUT2D eigenvalue weighted by molar-refractivity contribution is -0.120. The van der Waals surface area contributed by atoms with Crippen LogP contribution in [0.3, 0.4) is 0 Å². The average molecular weight is 361 g/mol. The zero-order valence-corrected chi connectivity index (χ0v) is 15.8. The Hall–Kier alpha value is -2.22. The first kappa shape index (κ1) is 17.6. The van der Waals surface area contributed by atoms with Crippen LogP contribution in [0.25, 0.3) is 0 Å². The highest BCUT2D eigenvalue weighted by atomic mass is 32.1. The van der Waals surface area contributed by atoms with E-state index in [2.05, 4.69) is 25.2 Å². The highest BCUT2D eigenvalue weighted by molar-refractivity contribution is 7.09. The van der Waals surface area contributed by atoms with Gasteiger partial charge in [-0.3, -0.25) is 4.79 Å². The highest BCUT2D eigenvalue weighted by Crippen LogP contribution is 2.38. The van der Waals surface area contributed by atoms with E-state index in [1.807, 2.05) is 26.2 Å². The van der Waals surface area contributed by atoms with Crippen molar-refractivity contribution in [3.05, 3.63) is 28.5 Å². The number of ether oxygens (including phenoxy) is 1. The number of anilines is 1. The molecule has 3 rings (SSSR count). The molecule has 2 aromatic heterocycles. The molecular weight excluding hydrogens is 338 g/mol. The molecular formula is C17H23N5O2S. The number of carbonyl (C=O) groups is 1. The fourth-order valence-electron chi connectivity index (χ4n) is 3.07. The Kier molecular flexibility index (Phi) is 4.89. The summed E-state index contributed by atoms with van der Waals surface area (Å²) in [5.74, 6) is 1.16. The number of carbonyl (C=O) groups excluding carboxylic acids is 1. The maximum Gasteiger partial charge on any atom is 0.257 e. The second kappa shape index (κ2) is 6.95. The number of amides is 1. The van der Waals surface area contributed by atoms with Crippen molar-refractivity contribution in [3.63, 3.8) is 0 Å². The third kappa shape index (κ3) is 3.73.